The van der Waals surface area contributed by atoms with E-state index >= 15 is 0 Å². The number of likely N-dealkylation sites (tertiary alicyclic amines) is 1. The van der Waals surface area contributed by atoms with Crippen LogP contribution in [0, 0.1) is 11.3 Å². The molecule has 0 aliphatic carbocycles. The van der Waals surface area contributed by atoms with Gasteiger partial charge in [-0.3, -0.25) is 4.79 Å². The van der Waals surface area contributed by atoms with Gasteiger partial charge in [-0.15, -0.1) is 0 Å². The third-order valence-electron chi connectivity index (χ3n) is 3.09. The number of hydrogen-bond donors (Lipinski definition) is 0. The summed E-state index contributed by atoms with van der Waals surface area (Å²) in [6.45, 7) is 0.597. The van der Waals surface area contributed by atoms with Gasteiger partial charge < -0.3 is 4.90 Å². The van der Waals surface area contributed by atoms with Crippen molar-refractivity contribution in [3.05, 3.63) is 33.8 Å². The Morgan fingerprint density at radius 2 is 2.17 bits per heavy atom. The summed E-state index contributed by atoms with van der Waals surface area (Å²) >= 11 is 11.9. The van der Waals surface area contributed by atoms with E-state index in [-0.39, 0.29) is 17.0 Å². The molecule has 3 nitrogen and oxygen atoms in total. The monoisotopic (exact) mass is 282 g/mol. The maximum Gasteiger partial charge on any atom is 0.256 e. The number of carbonyl (C=O) groups excluding carboxylic acids is 1. The van der Waals surface area contributed by atoms with Gasteiger partial charge in [0, 0.05) is 6.54 Å². The highest BCUT2D eigenvalue weighted by atomic mass is 35.5. The van der Waals surface area contributed by atoms with Gasteiger partial charge in [-0.1, -0.05) is 29.3 Å². The second kappa shape index (κ2) is 5.60. The van der Waals surface area contributed by atoms with Gasteiger partial charge in [0.15, 0.2) is 0 Å². The lowest BCUT2D eigenvalue weighted by atomic mass is 10.0. The molecule has 0 spiro atoms. The number of hydrogen-bond acceptors (Lipinski definition) is 2. The van der Waals surface area contributed by atoms with E-state index in [0.717, 1.165) is 19.3 Å². The van der Waals surface area contributed by atoms with Gasteiger partial charge in [-0.05, 0) is 31.4 Å². The molecule has 5 heteroatoms. The van der Waals surface area contributed by atoms with Crippen molar-refractivity contribution in [2.24, 2.45) is 0 Å². The molecule has 0 aromatic heterocycles. The van der Waals surface area contributed by atoms with Crippen molar-refractivity contribution in [1.82, 2.24) is 4.90 Å². The standard InChI is InChI=1S/C13H12Cl2N2O/c14-11-6-3-5-10(12(11)15)13(18)17-7-2-1-4-9(17)8-16/h3,5-6,9H,1-2,4,7H2. The van der Waals surface area contributed by atoms with Crippen molar-refractivity contribution in [1.29, 1.82) is 5.26 Å². The van der Waals surface area contributed by atoms with Crippen molar-refractivity contribution in [2.45, 2.75) is 25.3 Å². The first kappa shape index (κ1) is 13.2. The summed E-state index contributed by atoms with van der Waals surface area (Å²) in [5.41, 5.74) is 0.367. The molecule has 0 radical (unpaired) electrons. The highest BCUT2D eigenvalue weighted by Crippen LogP contribution is 2.28. The number of piperidine rings is 1. The minimum absolute atomic E-state index is 0.214. The van der Waals surface area contributed by atoms with Crippen LogP contribution in [0.2, 0.25) is 10.0 Å². The van der Waals surface area contributed by atoms with Gasteiger partial charge >= 0.3 is 0 Å². The maximum absolute atomic E-state index is 12.4. The van der Waals surface area contributed by atoms with Crippen LogP contribution in [0.25, 0.3) is 0 Å². The Bertz CT molecular complexity index is 510. The van der Waals surface area contributed by atoms with Crippen LogP contribution in [0.1, 0.15) is 29.6 Å². The largest absolute Gasteiger partial charge is 0.323 e. The highest BCUT2D eigenvalue weighted by molar-refractivity contribution is 6.43. The summed E-state index contributed by atoms with van der Waals surface area (Å²) in [6.07, 6.45) is 2.62. The molecule has 94 valence electrons. The Kier molecular flexibility index (Phi) is 4.11. The van der Waals surface area contributed by atoms with Crippen molar-refractivity contribution in [3.8, 4) is 6.07 Å². The number of rotatable bonds is 1. The zero-order valence-corrected chi connectivity index (χ0v) is 11.2. The van der Waals surface area contributed by atoms with Gasteiger partial charge in [0.25, 0.3) is 5.91 Å². The fourth-order valence-corrected chi connectivity index (χ4v) is 2.51. The molecule has 1 atom stereocenters. The summed E-state index contributed by atoms with van der Waals surface area (Å²) in [5, 5.41) is 9.69. The summed E-state index contributed by atoms with van der Waals surface area (Å²) < 4.78 is 0. The second-order valence-electron chi connectivity index (χ2n) is 4.24. The third-order valence-corrected chi connectivity index (χ3v) is 3.91. The molecule has 1 heterocycles. The first-order valence-corrected chi connectivity index (χ1v) is 6.55. The van der Waals surface area contributed by atoms with Gasteiger partial charge in [-0.25, -0.2) is 0 Å². The van der Waals surface area contributed by atoms with Crippen LogP contribution in [-0.2, 0) is 0 Å². The molecule has 1 aliphatic rings. The summed E-state index contributed by atoms with van der Waals surface area (Å²) in [4.78, 5) is 14.0. The molecule has 1 aliphatic heterocycles. The molecule has 1 aromatic rings. The first-order valence-electron chi connectivity index (χ1n) is 5.79. The topological polar surface area (TPSA) is 44.1 Å². The van der Waals surface area contributed by atoms with Crippen LogP contribution in [0.5, 0.6) is 0 Å². The highest BCUT2D eigenvalue weighted by Gasteiger charge is 2.28. The molecule has 0 bridgehead atoms. The molecule has 18 heavy (non-hydrogen) atoms. The SMILES string of the molecule is N#CC1CCCCN1C(=O)c1cccc(Cl)c1Cl. The number of amides is 1. The van der Waals surface area contributed by atoms with E-state index in [0.29, 0.717) is 17.1 Å². The normalized spacial score (nSPS) is 19.4. The lowest BCUT2D eigenvalue weighted by Gasteiger charge is -2.31. The van der Waals surface area contributed by atoms with E-state index < -0.39 is 0 Å². The summed E-state index contributed by atoms with van der Waals surface area (Å²) in [7, 11) is 0. The van der Waals surface area contributed by atoms with Gasteiger partial charge in [-0.2, -0.15) is 5.26 Å². The zero-order chi connectivity index (χ0) is 13.1. The van der Waals surface area contributed by atoms with Crippen LogP contribution in [0.3, 0.4) is 0 Å². The minimum atomic E-state index is -0.360. The van der Waals surface area contributed by atoms with Crippen molar-refractivity contribution < 1.29 is 4.79 Å². The third kappa shape index (κ3) is 2.45. The quantitative estimate of drug-likeness (QED) is 0.791. The fraction of sp³-hybridized carbons (Fsp3) is 0.385. The molecule has 2 rings (SSSR count). The van der Waals surface area contributed by atoms with E-state index in [1.807, 2.05) is 0 Å². The molecule has 1 aromatic carbocycles. The minimum Gasteiger partial charge on any atom is -0.323 e. The van der Waals surface area contributed by atoms with Crippen molar-refractivity contribution in [3.63, 3.8) is 0 Å². The molecular formula is C13H12Cl2N2O. The molecular weight excluding hydrogens is 271 g/mol. The molecule has 1 amide bonds. The molecule has 1 saturated heterocycles. The Labute approximate surface area is 116 Å². The Hall–Kier alpha value is -1.24. The lowest BCUT2D eigenvalue weighted by Crippen LogP contribution is -2.43. The Morgan fingerprint density at radius 3 is 2.89 bits per heavy atom. The van der Waals surface area contributed by atoms with E-state index in [4.69, 9.17) is 28.5 Å². The smallest absolute Gasteiger partial charge is 0.256 e. The number of nitriles is 1. The summed E-state index contributed by atoms with van der Waals surface area (Å²) in [5.74, 6) is -0.214. The number of benzene rings is 1. The van der Waals surface area contributed by atoms with Crippen molar-refractivity contribution >= 4 is 29.1 Å². The maximum atomic E-state index is 12.4. The average Bonchev–Trinajstić information content (AvgIpc) is 2.41. The number of halogens is 2. The van der Waals surface area contributed by atoms with Gasteiger partial charge in [0.2, 0.25) is 0 Å². The first-order chi connectivity index (χ1) is 8.65. The Balaban J connectivity index is 2.30. The second-order valence-corrected chi connectivity index (χ2v) is 5.03. The predicted octanol–water partition coefficient (Wildman–Crippen LogP) is 3.51. The van der Waals surface area contributed by atoms with E-state index in [9.17, 15) is 4.79 Å². The summed E-state index contributed by atoms with van der Waals surface area (Å²) in [6, 6.07) is 6.77. The van der Waals surface area contributed by atoms with E-state index in [1.165, 1.54) is 0 Å². The van der Waals surface area contributed by atoms with E-state index in [1.54, 1.807) is 23.1 Å². The Morgan fingerprint density at radius 1 is 1.39 bits per heavy atom. The molecule has 0 saturated carbocycles. The molecule has 1 fully saturated rings. The van der Waals surface area contributed by atoms with Crippen molar-refractivity contribution in [2.75, 3.05) is 6.54 Å². The van der Waals surface area contributed by atoms with E-state index in [2.05, 4.69) is 6.07 Å². The average molecular weight is 283 g/mol. The predicted molar refractivity (Wildman–Crippen MR) is 70.8 cm³/mol. The van der Waals surface area contributed by atoms with Gasteiger partial charge in [0.1, 0.15) is 6.04 Å². The fourth-order valence-electron chi connectivity index (χ4n) is 2.13. The van der Waals surface area contributed by atoms with Crippen LogP contribution in [-0.4, -0.2) is 23.4 Å². The lowest BCUT2D eigenvalue weighted by molar-refractivity contribution is 0.0671. The van der Waals surface area contributed by atoms with Crippen LogP contribution in [0.4, 0.5) is 0 Å². The van der Waals surface area contributed by atoms with Crippen LogP contribution in [0.15, 0.2) is 18.2 Å². The van der Waals surface area contributed by atoms with Gasteiger partial charge in [0.05, 0.1) is 21.7 Å². The number of nitrogens with zero attached hydrogens (tertiary/aromatic N) is 2. The molecule has 1 unspecified atom stereocenters. The van der Waals surface area contributed by atoms with Crippen LogP contribution < -0.4 is 0 Å². The molecule has 0 N–H and O–H groups in total. The number of carbonyl (C=O) groups is 1. The van der Waals surface area contributed by atoms with Crippen LogP contribution >= 0.6 is 23.2 Å². The zero-order valence-electron chi connectivity index (χ0n) is 9.70.